The number of hydrogen-bond acceptors (Lipinski definition) is 4. The third-order valence-electron chi connectivity index (χ3n) is 5.24. The van der Waals surface area contributed by atoms with Crippen LogP contribution in [0.25, 0.3) is 5.69 Å². The van der Waals surface area contributed by atoms with Crippen LogP contribution in [0.3, 0.4) is 0 Å². The Morgan fingerprint density at radius 3 is 2.55 bits per heavy atom. The predicted molar refractivity (Wildman–Crippen MR) is 129 cm³/mol. The zero-order valence-corrected chi connectivity index (χ0v) is 19.8. The van der Waals surface area contributed by atoms with E-state index in [0.29, 0.717) is 21.6 Å². The summed E-state index contributed by atoms with van der Waals surface area (Å²) in [5.41, 5.74) is 4.65. The number of thioether (sulfide) groups is 1. The van der Waals surface area contributed by atoms with Crippen LogP contribution in [0.4, 0.5) is 4.39 Å². The van der Waals surface area contributed by atoms with Crippen molar-refractivity contribution >= 4 is 29.3 Å². The summed E-state index contributed by atoms with van der Waals surface area (Å²) < 4.78 is 15.1. The number of amides is 1. The molecule has 0 fully saturated rings. The molecule has 0 bridgehead atoms. The lowest BCUT2D eigenvalue weighted by atomic mass is 10.1. The number of carbonyl (C=O) groups excluding carboxylic acids is 1. The van der Waals surface area contributed by atoms with E-state index in [1.165, 1.54) is 35.4 Å². The van der Waals surface area contributed by atoms with E-state index in [-0.39, 0.29) is 12.5 Å². The van der Waals surface area contributed by atoms with E-state index >= 15 is 0 Å². The Morgan fingerprint density at radius 2 is 1.79 bits per heavy atom. The first-order valence-corrected chi connectivity index (χ1v) is 11.7. The van der Waals surface area contributed by atoms with Gasteiger partial charge in [-0.25, -0.2) is 4.39 Å². The molecule has 0 radical (unpaired) electrons. The zero-order valence-electron chi connectivity index (χ0n) is 18.2. The van der Waals surface area contributed by atoms with E-state index in [1.54, 1.807) is 11.8 Å². The van der Waals surface area contributed by atoms with E-state index < -0.39 is 5.82 Å². The van der Waals surface area contributed by atoms with Crippen LogP contribution in [-0.2, 0) is 12.3 Å². The number of nitrogens with one attached hydrogen (secondary N) is 1. The molecule has 0 spiro atoms. The van der Waals surface area contributed by atoms with Gasteiger partial charge < -0.3 is 5.32 Å². The Hall–Kier alpha value is -3.16. The predicted octanol–water partition coefficient (Wildman–Crippen LogP) is 5.90. The maximum Gasteiger partial charge on any atom is 0.251 e. The molecule has 5 nitrogen and oxygen atoms in total. The first-order valence-electron chi connectivity index (χ1n) is 10.3. The third-order valence-corrected chi connectivity index (χ3v) is 6.46. The van der Waals surface area contributed by atoms with Gasteiger partial charge in [-0.15, -0.1) is 10.2 Å². The average molecular weight is 481 g/mol. The van der Waals surface area contributed by atoms with Crippen LogP contribution in [0.15, 0.2) is 71.9 Å². The minimum atomic E-state index is -0.391. The van der Waals surface area contributed by atoms with Gasteiger partial charge in [-0.1, -0.05) is 53.7 Å². The van der Waals surface area contributed by atoms with Crippen molar-refractivity contribution in [2.24, 2.45) is 0 Å². The fraction of sp³-hybridized carbons (Fsp3) is 0.160. The molecule has 1 heterocycles. The zero-order chi connectivity index (χ0) is 23.4. The maximum absolute atomic E-state index is 13.2. The van der Waals surface area contributed by atoms with Gasteiger partial charge in [-0.05, 0) is 66.9 Å². The van der Waals surface area contributed by atoms with Crippen LogP contribution in [0.5, 0.6) is 0 Å². The van der Waals surface area contributed by atoms with Gasteiger partial charge in [0, 0.05) is 16.3 Å². The van der Waals surface area contributed by atoms with Crippen molar-refractivity contribution in [1.82, 2.24) is 20.1 Å². The first-order chi connectivity index (χ1) is 15.9. The van der Waals surface area contributed by atoms with Crippen molar-refractivity contribution in [3.63, 3.8) is 0 Å². The normalized spacial score (nSPS) is 10.9. The Kier molecular flexibility index (Phi) is 7.11. The molecule has 168 valence electrons. The monoisotopic (exact) mass is 480 g/mol. The minimum Gasteiger partial charge on any atom is -0.345 e. The highest BCUT2D eigenvalue weighted by molar-refractivity contribution is 7.98. The third kappa shape index (κ3) is 5.43. The number of nitrogens with zero attached hydrogens (tertiary/aromatic N) is 3. The molecule has 3 aromatic carbocycles. The van der Waals surface area contributed by atoms with Gasteiger partial charge in [0.15, 0.2) is 11.0 Å². The van der Waals surface area contributed by atoms with Gasteiger partial charge in [0.1, 0.15) is 5.82 Å². The quantitative estimate of drug-likeness (QED) is 0.334. The van der Waals surface area contributed by atoms with Gasteiger partial charge in [0.25, 0.3) is 5.91 Å². The molecular weight excluding hydrogens is 459 g/mol. The number of aryl methyl sites for hydroxylation is 2. The molecule has 0 saturated carbocycles. The van der Waals surface area contributed by atoms with Crippen molar-refractivity contribution in [3.8, 4) is 5.69 Å². The Morgan fingerprint density at radius 1 is 1.03 bits per heavy atom. The van der Waals surface area contributed by atoms with Crippen molar-refractivity contribution in [1.29, 1.82) is 0 Å². The van der Waals surface area contributed by atoms with E-state index in [4.69, 9.17) is 11.6 Å². The molecule has 8 heteroatoms. The van der Waals surface area contributed by atoms with Crippen LogP contribution in [0.1, 0.15) is 32.9 Å². The average Bonchev–Trinajstić information content (AvgIpc) is 3.21. The van der Waals surface area contributed by atoms with Gasteiger partial charge in [-0.2, -0.15) is 0 Å². The van der Waals surface area contributed by atoms with Crippen LogP contribution < -0.4 is 5.32 Å². The standard InChI is InChI=1S/C25H22ClFN4OS/c1-16-5-3-4-6-19(16)15-33-25-30-29-23(31(25)22-13-20(26)10-7-17(22)2)14-28-24(32)18-8-11-21(27)12-9-18/h3-13H,14-15H2,1-2H3,(H,28,32). The van der Waals surface area contributed by atoms with Crippen molar-refractivity contribution in [3.05, 3.63) is 106 Å². The second-order valence-electron chi connectivity index (χ2n) is 7.57. The number of benzene rings is 3. The highest BCUT2D eigenvalue weighted by Gasteiger charge is 2.18. The highest BCUT2D eigenvalue weighted by atomic mass is 35.5. The number of halogens is 2. The smallest absolute Gasteiger partial charge is 0.251 e. The van der Waals surface area contributed by atoms with Gasteiger partial charge in [0.05, 0.1) is 12.2 Å². The second-order valence-corrected chi connectivity index (χ2v) is 8.95. The summed E-state index contributed by atoms with van der Waals surface area (Å²) in [7, 11) is 0. The van der Waals surface area contributed by atoms with Crippen molar-refractivity contribution in [2.45, 2.75) is 31.3 Å². The molecular formula is C25H22ClFN4OS. The van der Waals surface area contributed by atoms with Gasteiger partial charge >= 0.3 is 0 Å². The molecule has 0 unspecified atom stereocenters. The second kappa shape index (κ2) is 10.2. The van der Waals surface area contributed by atoms with Gasteiger partial charge in [0.2, 0.25) is 0 Å². The number of hydrogen-bond donors (Lipinski definition) is 1. The molecule has 1 amide bonds. The Labute approximate surface area is 201 Å². The molecule has 4 aromatic rings. The first kappa shape index (κ1) is 23.0. The van der Waals surface area contributed by atoms with Crippen LogP contribution in [0, 0.1) is 19.7 Å². The summed E-state index contributed by atoms with van der Waals surface area (Å²) in [6.07, 6.45) is 0. The lowest BCUT2D eigenvalue weighted by Gasteiger charge is -2.14. The topological polar surface area (TPSA) is 59.8 Å². The van der Waals surface area contributed by atoms with E-state index in [2.05, 4.69) is 34.6 Å². The maximum atomic E-state index is 13.2. The molecule has 0 saturated heterocycles. The lowest BCUT2D eigenvalue weighted by Crippen LogP contribution is -2.24. The molecule has 1 aromatic heterocycles. The van der Waals surface area contributed by atoms with Crippen LogP contribution in [0.2, 0.25) is 5.02 Å². The highest BCUT2D eigenvalue weighted by Crippen LogP contribution is 2.29. The van der Waals surface area contributed by atoms with Crippen LogP contribution >= 0.6 is 23.4 Å². The summed E-state index contributed by atoms with van der Waals surface area (Å²) in [5, 5.41) is 12.9. The molecule has 0 aliphatic heterocycles. The van der Waals surface area contributed by atoms with Gasteiger partial charge in [-0.3, -0.25) is 9.36 Å². The fourth-order valence-corrected chi connectivity index (χ4v) is 4.56. The molecule has 1 N–H and O–H groups in total. The molecule has 0 aliphatic carbocycles. The summed E-state index contributed by atoms with van der Waals surface area (Å²) in [6.45, 7) is 4.22. The summed E-state index contributed by atoms with van der Waals surface area (Å²) in [5.74, 6) is 0.592. The minimum absolute atomic E-state index is 0.153. The molecule has 33 heavy (non-hydrogen) atoms. The molecule has 0 atom stereocenters. The lowest BCUT2D eigenvalue weighted by molar-refractivity contribution is 0.0949. The Balaban J connectivity index is 1.62. The van der Waals surface area contributed by atoms with E-state index in [9.17, 15) is 9.18 Å². The van der Waals surface area contributed by atoms with E-state index in [1.807, 2.05) is 41.8 Å². The number of rotatable bonds is 7. The van der Waals surface area contributed by atoms with E-state index in [0.717, 1.165) is 17.0 Å². The summed E-state index contributed by atoms with van der Waals surface area (Å²) in [6, 6.07) is 19.3. The fourth-order valence-electron chi connectivity index (χ4n) is 3.35. The van der Waals surface area contributed by atoms with Crippen molar-refractivity contribution in [2.75, 3.05) is 0 Å². The largest absolute Gasteiger partial charge is 0.345 e. The molecule has 0 aliphatic rings. The summed E-state index contributed by atoms with van der Waals surface area (Å²) >= 11 is 7.86. The molecule has 4 rings (SSSR count). The van der Waals surface area contributed by atoms with Crippen LogP contribution in [-0.4, -0.2) is 20.7 Å². The SMILES string of the molecule is Cc1ccccc1CSc1nnc(CNC(=O)c2ccc(F)cc2)n1-c1cc(Cl)ccc1C. The Bertz CT molecular complexity index is 1290. The number of aromatic nitrogens is 3. The summed E-state index contributed by atoms with van der Waals surface area (Å²) in [4.78, 5) is 12.5. The van der Waals surface area contributed by atoms with Crippen molar-refractivity contribution < 1.29 is 9.18 Å². The number of carbonyl (C=O) groups is 1.